The van der Waals surface area contributed by atoms with Crippen molar-refractivity contribution < 1.29 is 0 Å². The number of hydrogen-bond donors (Lipinski definition) is 0. The highest BCUT2D eigenvalue weighted by atomic mass is 14.0. The zero-order valence-electron chi connectivity index (χ0n) is 5.38. The van der Waals surface area contributed by atoms with E-state index in [0.717, 1.165) is 12.8 Å². The number of rotatable bonds is 1. The standard InChI is InChI=1S/C9H10/c1-2-6-9-7-4-3-5-8-9/h1,3-5,7,9H,6,8H2. The van der Waals surface area contributed by atoms with E-state index in [1.165, 1.54) is 0 Å². The summed E-state index contributed by atoms with van der Waals surface area (Å²) in [5.74, 6) is 3.25. The van der Waals surface area contributed by atoms with Crippen molar-refractivity contribution >= 4 is 0 Å². The van der Waals surface area contributed by atoms with Crippen LogP contribution in [0.2, 0.25) is 0 Å². The van der Waals surface area contributed by atoms with E-state index in [0.29, 0.717) is 5.92 Å². The Morgan fingerprint density at radius 1 is 1.56 bits per heavy atom. The van der Waals surface area contributed by atoms with Gasteiger partial charge >= 0.3 is 0 Å². The molecule has 0 saturated heterocycles. The Balaban J connectivity index is 2.39. The van der Waals surface area contributed by atoms with Crippen molar-refractivity contribution in [3.8, 4) is 12.3 Å². The second-order valence-corrected chi connectivity index (χ2v) is 2.22. The first-order valence-electron chi connectivity index (χ1n) is 3.20. The molecule has 0 saturated carbocycles. The maximum Gasteiger partial charge on any atom is 0.0152 e. The van der Waals surface area contributed by atoms with Crippen molar-refractivity contribution in [3.63, 3.8) is 0 Å². The third-order valence-electron chi connectivity index (χ3n) is 1.45. The highest BCUT2D eigenvalue weighted by Crippen LogP contribution is 2.13. The summed E-state index contributed by atoms with van der Waals surface area (Å²) in [6.45, 7) is 0. The van der Waals surface area contributed by atoms with Gasteiger partial charge in [-0.1, -0.05) is 24.3 Å². The highest BCUT2D eigenvalue weighted by molar-refractivity contribution is 5.12. The van der Waals surface area contributed by atoms with Gasteiger partial charge in [-0.2, -0.15) is 0 Å². The van der Waals surface area contributed by atoms with Crippen LogP contribution in [0.15, 0.2) is 24.3 Å². The fraction of sp³-hybridized carbons (Fsp3) is 0.333. The third-order valence-corrected chi connectivity index (χ3v) is 1.45. The zero-order valence-corrected chi connectivity index (χ0v) is 5.38. The van der Waals surface area contributed by atoms with Crippen molar-refractivity contribution in [2.45, 2.75) is 12.8 Å². The number of allylic oxidation sites excluding steroid dienone is 4. The van der Waals surface area contributed by atoms with Crippen molar-refractivity contribution in [2.75, 3.05) is 0 Å². The van der Waals surface area contributed by atoms with Gasteiger partial charge in [0, 0.05) is 6.42 Å². The lowest BCUT2D eigenvalue weighted by atomic mass is 9.98. The average molecular weight is 118 g/mol. The van der Waals surface area contributed by atoms with Crippen LogP contribution in [-0.2, 0) is 0 Å². The van der Waals surface area contributed by atoms with Crippen LogP contribution in [0, 0.1) is 18.3 Å². The van der Waals surface area contributed by atoms with E-state index in [1.54, 1.807) is 0 Å². The monoisotopic (exact) mass is 118 g/mol. The molecule has 0 heteroatoms. The van der Waals surface area contributed by atoms with Gasteiger partial charge in [-0.3, -0.25) is 0 Å². The molecule has 0 nitrogen and oxygen atoms in total. The molecule has 0 bridgehead atoms. The van der Waals surface area contributed by atoms with Gasteiger partial charge in [-0.05, 0) is 12.3 Å². The number of terminal acetylenes is 1. The van der Waals surface area contributed by atoms with Crippen molar-refractivity contribution in [1.29, 1.82) is 0 Å². The SMILES string of the molecule is C#CCC1C=CC=CC1. The van der Waals surface area contributed by atoms with E-state index in [-0.39, 0.29) is 0 Å². The first-order chi connectivity index (χ1) is 4.43. The Bertz CT molecular complexity index is 167. The molecule has 0 aromatic rings. The van der Waals surface area contributed by atoms with Crippen LogP contribution in [0.25, 0.3) is 0 Å². The Morgan fingerprint density at radius 2 is 2.44 bits per heavy atom. The van der Waals surface area contributed by atoms with Gasteiger partial charge < -0.3 is 0 Å². The van der Waals surface area contributed by atoms with Gasteiger partial charge in [-0.25, -0.2) is 0 Å². The van der Waals surface area contributed by atoms with Crippen LogP contribution in [0.3, 0.4) is 0 Å². The predicted molar refractivity (Wildman–Crippen MR) is 39.8 cm³/mol. The van der Waals surface area contributed by atoms with Gasteiger partial charge in [0.2, 0.25) is 0 Å². The Kier molecular flexibility index (Phi) is 2.15. The quantitative estimate of drug-likeness (QED) is 0.463. The second kappa shape index (κ2) is 3.14. The molecule has 1 unspecified atom stereocenters. The van der Waals surface area contributed by atoms with Gasteiger partial charge in [0.05, 0.1) is 0 Å². The summed E-state index contributed by atoms with van der Waals surface area (Å²) in [6, 6.07) is 0. The molecule has 0 radical (unpaired) electrons. The summed E-state index contributed by atoms with van der Waals surface area (Å²) in [6.07, 6.45) is 15.6. The van der Waals surface area contributed by atoms with Crippen LogP contribution >= 0.6 is 0 Å². The zero-order chi connectivity index (χ0) is 6.53. The lowest BCUT2D eigenvalue weighted by molar-refractivity contribution is 0.681. The van der Waals surface area contributed by atoms with Crippen LogP contribution in [-0.4, -0.2) is 0 Å². The van der Waals surface area contributed by atoms with Crippen molar-refractivity contribution in [3.05, 3.63) is 24.3 Å². The summed E-state index contributed by atoms with van der Waals surface area (Å²) in [5, 5.41) is 0. The Morgan fingerprint density at radius 3 is 3.00 bits per heavy atom. The van der Waals surface area contributed by atoms with E-state index in [1.807, 2.05) is 0 Å². The van der Waals surface area contributed by atoms with Gasteiger partial charge in [0.15, 0.2) is 0 Å². The van der Waals surface area contributed by atoms with E-state index < -0.39 is 0 Å². The molecule has 0 spiro atoms. The predicted octanol–water partition coefficient (Wildman–Crippen LogP) is 2.14. The summed E-state index contributed by atoms with van der Waals surface area (Å²) in [5.41, 5.74) is 0. The molecule has 1 aliphatic rings. The first-order valence-corrected chi connectivity index (χ1v) is 3.20. The third kappa shape index (κ3) is 1.77. The van der Waals surface area contributed by atoms with Gasteiger partial charge in [0.1, 0.15) is 0 Å². The summed E-state index contributed by atoms with van der Waals surface area (Å²) in [7, 11) is 0. The molecular formula is C9H10. The molecule has 1 atom stereocenters. The lowest BCUT2D eigenvalue weighted by Gasteiger charge is -2.07. The molecule has 1 rings (SSSR count). The maximum atomic E-state index is 5.15. The van der Waals surface area contributed by atoms with E-state index in [9.17, 15) is 0 Å². The molecule has 0 N–H and O–H groups in total. The molecule has 9 heavy (non-hydrogen) atoms. The van der Waals surface area contributed by atoms with E-state index in [4.69, 9.17) is 6.42 Å². The summed E-state index contributed by atoms with van der Waals surface area (Å²) < 4.78 is 0. The molecular weight excluding hydrogens is 108 g/mol. The fourth-order valence-electron chi connectivity index (χ4n) is 0.935. The molecule has 0 aromatic carbocycles. The smallest absolute Gasteiger partial charge is 0.0152 e. The topological polar surface area (TPSA) is 0 Å². The minimum Gasteiger partial charge on any atom is -0.120 e. The van der Waals surface area contributed by atoms with Crippen LogP contribution in [0.4, 0.5) is 0 Å². The van der Waals surface area contributed by atoms with E-state index in [2.05, 4.69) is 30.2 Å². The minimum absolute atomic E-state index is 0.597. The first kappa shape index (κ1) is 6.16. The van der Waals surface area contributed by atoms with Crippen LogP contribution in [0.1, 0.15) is 12.8 Å². The largest absolute Gasteiger partial charge is 0.120 e. The Hall–Kier alpha value is -0.960. The van der Waals surface area contributed by atoms with Gasteiger partial charge in [-0.15, -0.1) is 12.3 Å². The molecule has 0 aliphatic heterocycles. The lowest BCUT2D eigenvalue weighted by Crippen LogP contribution is -1.94. The normalized spacial score (nSPS) is 23.7. The maximum absolute atomic E-state index is 5.15. The second-order valence-electron chi connectivity index (χ2n) is 2.22. The molecule has 46 valence electrons. The molecule has 0 amide bonds. The number of hydrogen-bond acceptors (Lipinski definition) is 0. The minimum atomic E-state index is 0.597. The summed E-state index contributed by atoms with van der Waals surface area (Å²) in [4.78, 5) is 0. The van der Waals surface area contributed by atoms with Crippen molar-refractivity contribution in [2.24, 2.45) is 5.92 Å². The fourth-order valence-corrected chi connectivity index (χ4v) is 0.935. The average Bonchev–Trinajstić information content (AvgIpc) is 1.91. The molecule has 0 fully saturated rings. The Labute approximate surface area is 56.3 Å². The summed E-state index contributed by atoms with van der Waals surface area (Å²) >= 11 is 0. The molecule has 1 aliphatic carbocycles. The molecule has 0 aromatic heterocycles. The van der Waals surface area contributed by atoms with Crippen molar-refractivity contribution in [1.82, 2.24) is 0 Å². The van der Waals surface area contributed by atoms with E-state index >= 15 is 0 Å². The molecule has 0 heterocycles. The van der Waals surface area contributed by atoms with Crippen LogP contribution in [0.5, 0.6) is 0 Å². The van der Waals surface area contributed by atoms with Crippen LogP contribution < -0.4 is 0 Å². The highest BCUT2D eigenvalue weighted by Gasteiger charge is 2.00. The van der Waals surface area contributed by atoms with Gasteiger partial charge in [0.25, 0.3) is 0 Å².